The molecule has 6 nitrogen and oxygen atoms in total. The highest BCUT2D eigenvalue weighted by molar-refractivity contribution is 7.90. The van der Waals surface area contributed by atoms with Crippen molar-refractivity contribution in [1.29, 1.82) is 0 Å². The summed E-state index contributed by atoms with van der Waals surface area (Å²) in [5, 5.41) is 2.98. The monoisotopic (exact) mass is 303 g/mol. The number of hydrogen-bond donors (Lipinski definition) is 2. The average molecular weight is 303 g/mol. The summed E-state index contributed by atoms with van der Waals surface area (Å²) in [6.45, 7) is 0. The van der Waals surface area contributed by atoms with Crippen molar-refractivity contribution in [3.8, 4) is 0 Å². The Balaban J connectivity index is 1.88. The van der Waals surface area contributed by atoms with Crippen molar-refractivity contribution in [3.05, 3.63) is 42.5 Å². The van der Waals surface area contributed by atoms with E-state index >= 15 is 0 Å². The first-order chi connectivity index (χ1) is 9.91. The summed E-state index contributed by atoms with van der Waals surface area (Å²) >= 11 is 0. The van der Waals surface area contributed by atoms with E-state index in [0.717, 1.165) is 0 Å². The number of sulfone groups is 1. The number of nitrogens with two attached hydrogens (primary N) is 1. The van der Waals surface area contributed by atoms with Crippen molar-refractivity contribution in [2.45, 2.75) is 4.90 Å². The molecule has 0 unspecified atom stereocenters. The maximum absolute atomic E-state index is 11.4. The lowest BCUT2D eigenvalue weighted by atomic mass is 10.3. The van der Waals surface area contributed by atoms with Crippen LogP contribution < -0.4 is 11.1 Å². The quantitative estimate of drug-likeness (QED) is 0.722. The summed E-state index contributed by atoms with van der Waals surface area (Å²) in [6, 6.07) is 11.9. The van der Waals surface area contributed by atoms with Crippen LogP contribution in [0.3, 0.4) is 0 Å². The largest absolute Gasteiger partial charge is 0.423 e. The maximum atomic E-state index is 11.4. The van der Waals surface area contributed by atoms with Crippen molar-refractivity contribution in [2.75, 3.05) is 17.3 Å². The van der Waals surface area contributed by atoms with Crippen LogP contribution in [0.1, 0.15) is 0 Å². The minimum Gasteiger partial charge on any atom is -0.423 e. The number of nitrogen functional groups attached to an aromatic ring is 1. The SMILES string of the molecule is CS(=O)(=O)c1ccc(Nc2nc3cc(N)ccc3o2)cc1. The fraction of sp³-hybridized carbons (Fsp3) is 0.0714. The van der Waals surface area contributed by atoms with Crippen LogP contribution in [-0.4, -0.2) is 19.7 Å². The summed E-state index contributed by atoms with van der Waals surface area (Å²) in [5.41, 5.74) is 8.26. The lowest BCUT2D eigenvalue weighted by Gasteiger charge is -2.02. The van der Waals surface area contributed by atoms with Gasteiger partial charge in [0.05, 0.1) is 4.90 Å². The Morgan fingerprint density at radius 1 is 1.14 bits per heavy atom. The van der Waals surface area contributed by atoms with Gasteiger partial charge in [0.1, 0.15) is 5.52 Å². The molecule has 108 valence electrons. The molecule has 3 rings (SSSR count). The molecule has 0 fully saturated rings. The number of anilines is 3. The van der Waals surface area contributed by atoms with Gasteiger partial charge in [0.2, 0.25) is 0 Å². The van der Waals surface area contributed by atoms with Crippen LogP contribution in [0.5, 0.6) is 0 Å². The van der Waals surface area contributed by atoms with Gasteiger partial charge in [0.15, 0.2) is 15.4 Å². The summed E-state index contributed by atoms with van der Waals surface area (Å²) in [6.07, 6.45) is 1.17. The molecule has 2 aromatic carbocycles. The highest BCUT2D eigenvalue weighted by Gasteiger charge is 2.08. The maximum Gasteiger partial charge on any atom is 0.300 e. The molecule has 7 heteroatoms. The van der Waals surface area contributed by atoms with Gasteiger partial charge < -0.3 is 15.5 Å². The minimum atomic E-state index is -3.20. The Morgan fingerprint density at radius 3 is 2.52 bits per heavy atom. The van der Waals surface area contributed by atoms with Crippen LogP contribution in [0.2, 0.25) is 0 Å². The van der Waals surface area contributed by atoms with Crippen molar-refractivity contribution >= 4 is 38.3 Å². The molecule has 0 saturated carbocycles. The van der Waals surface area contributed by atoms with E-state index in [1.807, 2.05) is 0 Å². The zero-order valence-corrected chi connectivity index (χ0v) is 12.0. The molecule has 21 heavy (non-hydrogen) atoms. The van der Waals surface area contributed by atoms with Gasteiger partial charge >= 0.3 is 0 Å². The van der Waals surface area contributed by atoms with E-state index in [4.69, 9.17) is 10.2 Å². The summed E-state index contributed by atoms with van der Waals surface area (Å²) in [7, 11) is -3.20. The zero-order valence-electron chi connectivity index (χ0n) is 11.2. The fourth-order valence-electron chi connectivity index (χ4n) is 1.91. The van der Waals surface area contributed by atoms with E-state index in [1.165, 1.54) is 18.4 Å². The van der Waals surface area contributed by atoms with Gasteiger partial charge in [0.25, 0.3) is 6.01 Å². The van der Waals surface area contributed by atoms with Crippen LogP contribution in [0.15, 0.2) is 51.8 Å². The van der Waals surface area contributed by atoms with Gasteiger partial charge in [0, 0.05) is 17.6 Å². The van der Waals surface area contributed by atoms with Crippen molar-refractivity contribution in [3.63, 3.8) is 0 Å². The predicted molar refractivity (Wildman–Crippen MR) is 81.3 cm³/mol. The van der Waals surface area contributed by atoms with Crippen LogP contribution >= 0.6 is 0 Å². The van der Waals surface area contributed by atoms with E-state index in [2.05, 4.69) is 10.3 Å². The molecule has 0 saturated heterocycles. The van der Waals surface area contributed by atoms with Gasteiger partial charge in [-0.2, -0.15) is 4.98 Å². The topological polar surface area (TPSA) is 98.2 Å². The Hall–Kier alpha value is -2.54. The molecule has 0 aliphatic rings. The van der Waals surface area contributed by atoms with Crippen molar-refractivity contribution in [1.82, 2.24) is 4.98 Å². The zero-order chi connectivity index (χ0) is 15.0. The first-order valence-corrected chi connectivity index (χ1v) is 8.04. The Labute approximate surface area is 121 Å². The minimum absolute atomic E-state index is 0.262. The molecule has 0 amide bonds. The number of nitrogens with one attached hydrogen (secondary N) is 1. The highest BCUT2D eigenvalue weighted by Crippen LogP contribution is 2.24. The third-order valence-corrected chi connectivity index (χ3v) is 4.07. The molecule has 0 aliphatic carbocycles. The molecular weight excluding hydrogens is 290 g/mol. The van der Waals surface area contributed by atoms with E-state index in [1.54, 1.807) is 30.3 Å². The molecule has 1 heterocycles. The van der Waals surface area contributed by atoms with Crippen LogP contribution in [0, 0.1) is 0 Å². The van der Waals surface area contributed by atoms with Gasteiger partial charge in [-0.3, -0.25) is 0 Å². The molecule has 1 aromatic heterocycles. The van der Waals surface area contributed by atoms with Gasteiger partial charge in [-0.25, -0.2) is 8.42 Å². The standard InChI is InChI=1S/C14H13N3O3S/c1-21(18,19)11-5-3-10(4-6-11)16-14-17-12-8-9(15)2-7-13(12)20-14/h2-8H,15H2,1H3,(H,16,17). The van der Waals surface area contributed by atoms with E-state index < -0.39 is 9.84 Å². The molecule has 3 aromatic rings. The predicted octanol–water partition coefficient (Wildman–Crippen LogP) is 2.56. The van der Waals surface area contributed by atoms with Crippen molar-refractivity contribution < 1.29 is 12.8 Å². The second-order valence-electron chi connectivity index (χ2n) is 4.67. The molecule has 0 atom stereocenters. The van der Waals surface area contributed by atoms with E-state index in [9.17, 15) is 8.42 Å². The second-order valence-corrected chi connectivity index (χ2v) is 6.68. The second kappa shape index (κ2) is 4.78. The van der Waals surface area contributed by atoms with E-state index in [0.29, 0.717) is 28.5 Å². The number of aromatic nitrogens is 1. The number of benzene rings is 2. The lowest BCUT2D eigenvalue weighted by Crippen LogP contribution is -1.97. The Kier molecular flexibility index (Phi) is 3.06. The number of rotatable bonds is 3. The fourth-order valence-corrected chi connectivity index (χ4v) is 2.54. The van der Waals surface area contributed by atoms with Gasteiger partial charge in [-0.15, -0.1) is 0 Å². The van der Waals surface area contributed by atoms with Gasteiger partial charge in [-0.1, -0.05) is 0 Å². The smallest absolute Gasteiger partial charge is 0.300 e. The molecule has 0 radical (unpaired) electrons. The first-order valence-electron chi connectivity index (χ1n) is 6.15. The highest BCUT2D eigenvalue weighted by atomic mass is 32.2. The van der Waals surface area contributed by atoms with Crippen molar-refractivity contribution in [2.24, 2.45) is 0 Å². The third kappa shape index (κ3) is 2.82. The van der Waals surface area contributed by atoms with E-state index in [-0.39, 0.29) is 4.90 Å². The molecule has 0 aliphatic heterocycles. The average Bonchev–Trinajstić information content (AvgIpc) is 2.79. The number of oxazole rings is 1. The van der Waals surface area contributed by atoms with Crippen LogP contribution in [0.25, 0.3) is 11.1 Å². The molecule has 3 N–H and O–H groups in total. The van der Waals surface area contributed by atoms with Gasteiger partial charge in [-0.05, 0) is 42.5 Å². The normalized spacial score (nSPS) is 11.7. The molecule has 0 spiro atoms. The first kappa shape index (κ1) is 13.4. The van der Waals surface area contributed by atoms with Crippen LogP contribution in [-0.2, 0) is 9.84 Å². The Bertz CT molecular complexity index is 899. The summed E-state index contributed by atoms with van der Waals surface area (Å²) in [4.78, 5) is 4.53. The molecule has 0 bridgehead atoms. The third-order valence-electron chi connectivity index (χ3n) is 2.95. The molecular formula is C14H13N3O3S. The lowest BCUT2D eigenvalue weighted by molar-refractivity contribution is 0.602. The number of nitrogens with zero attached hydrogens (tertiary/aromatic N) is 1. The summed E-state index contributed by atoms with van der Waals surface area (Å²) < 4.78 is 28.3. The Morgan fingerprint density at radius 2 is 1.86 bits per heavy atom. The summed E-state index contributed by atoms with van der Waals surface area (Å²) in [5.74, 6) is 0. The number of fused-ring (bicyclic) bond motifs is 1. The van der Waals surface area contributed by atoms with Crippen LogP contribution in [0.4, 0.5) is 17.4 Å². The number of hydrogen-bond acceptors (Lipinski definition) is 6.